The maximum Gasteiger partial charge on any atom is 0.416 e. The Morgan fingerprint density at radius 2 is 1.92 bits per heavy atom. The number of nitrogens with one attached hydrogen (secondary N) is 1. The Kier molecular flexibility index (Phi) is 5.04. The van der Waals surface area contributed by atoms with Crippen LogP contribution in [0.2, 0.25) is 0 Å². The highest BCUT2D eigenvalue weighted by Gasteiger charge is 2.31. The molecule has 0 fully saturated rings. The van der Waals surface area contributed by atoms with Crippen LogP contribution in [0.1, 0.15) is 17.5 Å². The van der Waals surface area contributed by atoms with Gasteiger partial charge < -0.3 is 10.2 Å². The van der Waals surface area contributed by atoms with Crippen LogP contribution in [0.15, 0.2) is 46.9 Å². The Balaban J connectivity index is 1.76. The molecular weight excluding hydrogens is 413 g/mol. The number of rotatable bonds is 3. The quantitative estimate of drug-likeness (QED) is 0.791. The molecule has 0 bridgehead atoms. The summed E-state index contributed by atoms with van der Waals surface area (Å²) in [6.07, 6.45) is -3.63. The van der Waals surface area contributed by atoms with Gasteiger partial charge in [0.1, 0.15) is 6.54 Å². The molecule has 8 heteroatoms. The van der Waals surface area contributed by atoms with Gasteiger partial charge in [-0.1, -0.05) is 22.0 Å². The van der Waals surface area contributed by atoms with E-state index in [1.165, 1.54) is 17.0 Å². The second-order valence-electron chi connectivity index (χ2n) is 5.88. The monoisotopic (exact) mass is 426 g/mol. The fraction of sp³-hybridized carbons (Fsp3) is 0.222. The molecule has 2 aromatic rings. The Morgan fingerprint density at radius 3 is 2.65 bits per heavy atom. The Bertz CT molecular complexity index is 868. The van der Waals surface area contributed by atoms with E-state index in [0.717, 1.165) is 22.2 Å². The zero-order chi connectivity index (χ0) is 18.9. The topological polar surface area (TPSA) is 49.4 Å². The maximum atomic E-state index is 12.8. The second-order valence-corrected chi connectivity index (χ2v) is 6.80. The molecule has 0 aromatic heterocycles. The minimum Gasteiger partial charge on any atom is -0.325 e. The van der Waals surface area contributed by atoms with E-state index >= 15 is 0 Å². The van der Waals surface area contributed by atoms with Gasteiger partial charge in [0.2, 0.25) is 11.8 Å². The summed E-state index contributed by atoms with van der Waals surface area (Å²) in [7, 11) is 0. The molecule has 0 aliphatic carbocycles. The largest absolute Gasteiger partial charge is 0.416 e. The molecule has 1 heterocycles. The van der Waals surface area contributed by atoms with Crippen LogP contribution in [-0.4, -0.2) is 18.4 Å². The van der Waals surface area contributed by atoms with Gasteiger partial charge in [-0.2, -0.15) is 13.2 Å². The van der Waals surface area contributed by atoms with E-state index in [0.29, 0.717) is 12.1 Å². The van der Waals surface area contributed by atoms with Crippen molar-refractivity contribution in [2.45, 2.75) is 19.0 Å². The third-order valence-electron chi connectivity index (χ3n) is 4.02. The van der Waals surface area contributed by atoms with Crippen LogP contribution in [0.4, 0.5) is 24.5 Å². The first-order valence-corrected chi connectivity index (χ1v) is 8.59. The smallest absolute Gasteiger partial charge is 0.325 e. The van der Waals surface area contributed by atoms with E-state index in [1.807, 2.05) is 6.07 Å². The van der Waals surface area contributed by atoms with Gasteiger partial charge >= 0.3 is 6.18 Å². The number of fused-ring (bicyclic) bond motifs is 1. The second kappa shape index (κ2) is 7.11. The van der Waals surface area contributed by atoms with Gasteiger partial charge in [-0.3, -0.25) is 9.59 Å². The predicted octanol–water partition coefficient (Wildman–Crippen LogP) is 4.39. The number of alkyl halides is 3. The zero-order valence-corrected chi connectivity index (χ0v) is 15.0. The number of carbonyl (C=O) groups excluding carboxylic acids is 2. The molecule has 0 unspecified atom stereocenters. The normalized spacial score (nSPS) is 14.2. The van der Waals surface area contributed by atoms with Crippen molar-refractivity contribution >= 4 is 39.1 Å². The number of aryl methyl sites for hydroxylation is 1. The number of benzene rings is 2. The highest BCUT2D eigenvalue weighted by atomic mass is 79.9. The molecule has 4 nitrogen and oxygen atoms in total. The first kappa shape index (κ1) is 18.4. The van der Waals surface area contributed by atoms with Crippen LogP contribution in [0.3, 0.4) is 0 Å². The first-order chi connectivity index (χ1) is 12.2. The molecule has 136 valence electrons. The average molecular weight is 427 g/mol. The summed E-state index contributed by atoms with van der Waals surface area (Å²) in [6.45, 7) is -0.260. The van der Waals surface area contributed by atoms with Gasteiger partial charge in [0.15, 0.2) is 0 Å². The van der Waals surface area contributed by atoms with Gasteiger partial charge in [-0.05, 0) is 48.4 Å². The van der Waals surface area contributed by atoms with Crippen LogP contribution < -0.4 is 10.2 Å². The molecule has 0 saturated carbocycles. The van der Waals surface area contributed by atoms with Crippen molar-refractivity contribution in [3.8, 4) is 0 Å². The van der Waals surface area contributed by atoms with Crippen molar-refractivity contribution in [3.05, 3.63) is 58.1 Å². The lowest BCUT2D eigenvalue weighted by Gasteiger charge is -2.29. The van der Waals surface area contributed by atoms with Crippen molar-refractivity contribution < 1.29 is 22.8 Å². The van der Waals surface area contributed by atoms with Gasteiger partial charge in [0, 0.05) is 22.3 Å². The molecule has 0 saturated heterocycles. The van der Waals surface area contributed by atoms with Crippen molar-refractivity contribution in [2.75, 3.05) is 16.8 Å². The van der Waals surface area contributed by atoms with Crippen molar-refractivity contribution in [1.29, 1.82) is 0 Å². The molecule has 26 heavy (non-hydrogen) atoms. The SMILES string of the molecule is O=C(CN1C(=O)CCc2cc(Br)ccc21)Nc1cccc(C(F)(F)F)c1. The summed E-state index contributed by atoms with van der Waals surface area (Å²) in [5.74, 6) is -0.757. The summed E-state index contributed by atoms with van der Waals surface area (Å²) in [5.41, 5.74) is 0.763. The van der Waals surface area contributed by atoms with E-state index in [4.69, 9.17) is 0 Å². The minimum atomic E-state index is -4.49. The third-order valence-corrected chi connectivity index (χ3v) is 4.51. The summed E-state index contributed by atoms with van der Waals surface area (Å²) >= 11 is 3.37. The highest BCUT2D eigenvalue weighted by Crippen LogP contribution is 2.32. The molecule has 1 aliphatic rings. The predicted molar refractivity (Wildman–Crippen MR) is 94.9 cm³/mol. The highest BCUT2D eigenvalue weighted by molar-refractivity contribution is 9.10. The Labute approximate surface area is 156 Å². The number of nitrogens with zero attached hydrogens (tertiary/aromatic N) is 1. The van der Waals surface area contributed by atoms with Crippen LogP contribution >= 0.6 is 15.9 Å². The van der Waals surface area contributed by atoms with Crippen molar-refractivity contribution in [1.82, 2.24) is 0 Å². The van der Waals surface area contributed by atoms with E-state index in [2.05, 4.69) is 21.2 Å². The summed E-state index contributed by atoms with van der Waals surface area (Å²) in [6, 6.07) is 9.79. The molecule has 3 rings (SSSR count). The minimum absolute atomic E-state index is 0.0327. The van der Waals surface area contributed by atoms with Crippen LogP contribution in [0.25, 0.3) is 0 Å². The number of anilines is 2. The Hall–Kier alpha value is -2.35. The molecule has 1 N–H and O–H groups in total. The third kappa shape index (κ3) is 4.07. The van der Waals surface area contributed by atoms with Crippen LogP contribution in [0, 0.1) is 0 Å². The van der Waals surface area contributed by atoms with Gasteiger partial charge in [-0.25, -0.2) is 0 Å². The number of amides is 2. The van der Waals surface area contributed by atoms with Gasteiger partial charge in [-0.15, -0.1) is 0 Å². The van der Waals surface area contributed by atoms with Gasteiger partial charge in [0.05, 0.1) is 5.56 Å². The van der Waals surface area contributed by atoms with E-state index in [9.17, 15) is 22.8 Å². The maximum absolute atomic E-state index is 12.8. The number of carbonyl (C=O) groups is 2. The summed E-state index contributed by atoms with van der Waals surface area (Å²) < 4.78 is 39.1. The number of hydrogen-bond donors (Lipinski definition) is 1. The summed E-state index contributed by atoms with van der Waals surface area (Å²) in [4.78, 5) is 25.8. The molecular formula is C18H14BrF3N2O2. The fourth-order valence-corrected chi connectivity index (χ4v) is 3.23. The van der Waals surface area contributed by atoms with Gasteiger partial charge in [0.25, 0.3) is 0 Å². The molecule has 2 amide bonds. The Morgan fingerprint density at radius 1 is 1.15 bits per heavy atom. The molecule has 1 aliphatic heterocycles. The molecule has 2 aromatic carbocycles. The lowest BCUT2D eigenvalue weighted by molar-refractivity contribution is -0.137. The number of halogens is 4. The van der Waals surface area contributed by atoms with Crippen LogP contribution in [0.5, 0.6) is 0 Å². The fourth-order valence-electron chi connectivity index (χ4n) is 2.82. The lowest BCUT2D eigenvalue weighted by atomic mass is 10.0. The molecule has 0 spiro atoms. The van der Waals surface area contributed by atoms with Crippen molar-refractivity contribution in [3.63, 3.8) is 0 Å². The van der Waals surface area contributed by atoms with E-state index < -0.39 is 17.6 Å². The molecule has 0 radical (unpaired) electrons. The first-order valence-electron chi connectivity index (χ1n) is 7.80. The van der Waals surface area contributed by atoms with Crippen molar-refractivity contribution in [2.24, 2.45) is 0 Å². The molecule has 0 atom stereocenters. The average Bonchev–Trinajstić information content (AvgIpc) is 2.57. The van der Waals surface area contributed by atoms with E-state index in [-0.39, 0.29) is 24.6 Å². The number of hydrogen-bond acceptors (Lipinski definition) is 2. The summed E-state index contributed by atoms with van der Waals surface area (Å²) in [5, 5.41) is 2.42. The lowest BCUT2D eigenvalue weighted by Crippen LogP contribution is -2.40. The van der Waals surface area contributed by atoms with Crippen LogP contribution in [-0.2, 0) is 22.2 Å². The standard InChI is InChI=1S/C18H14BrF3N2O2/c19-13-5-6-15-11(8-13)4-7-17(26)24(15)10-16(25)23-14-3-1-2-12(9-14)18(20,21)22/h1-3,5-6,8-9H,4,7,10H2,(H,23,25). The zero-order valence-electron chi connectivity index (χ0n) is 13.4. The van der Waals surface area contributed by atoms with E-state index in [1.54, 1.807) is 12.1 Å².